The lowest BCUT2D eigenvalue weighted by Crippen LogP contribution is -2.12. The van der Waals surface area contributed by atoms with Crippen molar-refractivity contribution in [3.63, 3.8) is 0 Å². The molecule has 42 heavy (non-hydrogen) atoms. The molecule has 0 heterocycles. The number of para-hydroxylation sites is 2. The zero-order valence-electron chi connectivity index (χ0n) is 23.1. The summed E-state index contributed by atoms with van der Waals surface area (Å²) in [6.07, 6.45) is 0. The molecule has 5 rings (SSSR count). The molecule has 0 spiro atoms. The quantitative estimate of drug-likeness (QED) is 0.165. The van der Waals surface area contributed by atoms with Crippen LogP contribution in [0.2, 0.25) is 0 Å². The molecule has 0 saturated heterocycles. The van der Waals surface area contributed by atoms with Crippen molar-refractivity contribution < 1.29 is 25.2 Å². The second kappa shape index (κ2) is 10.5. The standard InChI is InChI=1S/C32H24N2O6S2/c1-19-7-5-8-20(2)31(19)39-41(35,36)24-11-13-26-27-14-12-25(16-29(27)30(28(26)15-24)23(17-33)18-34)42(37,38)40-32-21(3)9-6-10-22(32)4/h5-16H,1-4H3. The Morgan fingerprint density at radius 3 is 1.26 bits per heavy atom. The van der Waals surface area contributed by atoms with Gasteiger partial charge in [0, 0.05) is 5.57 Å². The minimum Gasteiger partial charge on any atom is -0.378 e. The summed E-state index contributed by atoms with van der Waals surface area (Å²) in [5.41, 5.74) is 4.04. The largest absolute Gasteiger partial charge is 0.378 e. The molecule has 1 aliphatic rings. The van der Waals surface area contributed by atoms with Gasteiger partial charge in [0.25, 0.3) is 0 Å². The summed E-state index contributed by atoms with van der Waals surface area (Å²) in [6, 6.07) is 22.8. The summed E-state index contributed by atoms with van der Waals surface area (Å²) in [5.74, 6) is 0.427. The summed E-state index contributed by atoms with van der Waals surface area (Å²) in [4.78, 5) is -0.369. The van der Waals surface area contributed by atoms with Crippen LogP contribution in [0.4, 0.5) is 0 Å². The number of fused-ring (bicyclic) bond motifs is 3. The molecule has 4 aromatic carbocycles. The molecule has 10 heteroatoms. The third kappa shape index (κ3) is 4.92. The van der Waals surface area contributed by atoms with Gasteiger partial charge in [-0.05, 0) is 96.5 Å². The number of allylic oxidation sites excluding steroid dienone is 1. The summed E-state index contributed by atoms with van der Waals surface area (Å²) in [7, 11) is -8.62. The van der Waals surface area contributed by atoms with Crippen LogP contribution in [0.3, 0.4) is 0 Å². The zero-order valence-corrected chi connectivity index (χ0v) is 24.7. The Labute approximate surface area is 245 Å². The third-order valence-corrected chi connectivity index (χ3v) is 9.50. The van der Waals surface area contributed by atoms with E-state index in [1.165, 1.54) is 24.3 Å². The first kappa shape index (κ1) is 28.6. The van der Waals surface area contributed by atoms with E-state index in [1.54, 1.807) is 76.2 Å². The van der Waals surface area contributed by atoms with Gasteiger partial charge in [-0.25, -0.2) is 0 Å². The lowest BCUT2D eigenvalue weighted by molar-refractivity contribution is 0.480. The van der Waals surface area contributed by atoms with Crippen molar-refractivity contribution in [1.82, 2.24) is 0 Å². The first-order chi connectivity index (χ1) is 19.9. The molecule has 210 valence electrons. The van der Waals surface area contributed by atoms with E-state index in [0.29, 0.717) is 44.5 Å². The van der Waals surface area contributed by atoms with E-state index in [-0.39, 0.29) is 32.4 Å². The highest BCUT2D eigenvalue weighted by atomic mass is 32.2. The summed E-state index contributed by atoms with van der Waals surface area (Å²) in [5, 5.41) is 19.6. The van der Waals surface area contributed by atoms with Crippen molar-refractivity contribution in [3.05, 3.63) is 112 Å². The Morgan fingerprint density at radius 2 is 0.929 bits per heavy atom. The van der Waals surface area contributed by atoms with Crippen LogP contribution in [0.1, 0.15) is 33.4 Å². The van der Waals surface area contributed by atoms with Crippen LogP contribution >= 0.6 is 0 Å². The van der Waals surface area contributed by atoms with Crippen LogP contribution in [0.15, 0.2) is 88.2 Å². The summed E-state index contributed by atoms with van der Waals surface area (Å²) < 4.78 is 64.4. The van der Waals surface area contributed by atoms with E-state index in [4.69, 9.17) is 8.37 Å². The third-order valence-electron chi connectivity index (χ3n) is 7.07. The molecule has 0 saturated carbocycles. The van der Waals surface area contributed by atoms with Gasteiger partial charge in [-0.1, -0.05) is 48.5 Å². The molecule has 0 atom stereocenters. The number of rotatable bonds is 6. The maximum Gasteiger partial charge on any atom is 0.339 e. The van der Waals surface area contributed by atoms with Crippen molar-refractivity contribution in [1.29, 1.82) is 10.5 Å². The van der Waals surface area contributed by atoms with E-state index >= 15 is 0 Å². The molecule has 0 N–H and O–H groups in total. The lowest BCUT2D eigenvalue weighted by Gasteiger charge is -2.13. The Bertz CT molecular complexity index is 1940. The smallest absolute Gasteiger partial charge is 0.339 e. The van der Waals surface area contributed by atoms with Gasteiger partial charge in [-0.3, -0.25) is 0 Å². The maximum atomic E-state index is 13.3. The molecule has 0 fully saturated rings. The van der Waals surface area contributed by atoms with E-state index in [2.05, 4.69) is 0 Å². The Balaban J connectivity index is 1.62. The molecule has 0 radical (unpaired) electrons. The van der Waals surface area contributed by atoms with Gasteiger partial charge in [0.2, 0.25) is 0 Å². The minimum atomic E-state index is -4.31. The van der Waals surface area contributed by atoms with Gasteiger partial charge in [-0.15, -0.1) is 0 Å². The lowest BCUT2D eigenvalue weighted by atomic mass is 9.99. The Morgan fingerprint density at radius 1 is 0.571 bits per heavy atom. The van der Waals surface area contributed by atoms with E-state index < -0.39 is 20.2 Å². The first-order valence-electron chi connectivity index (χ1n) is 12.7. The Hall–Kier alpha value is -4.90. The first-order valence-corrected chi connectivity index (χ1v) is 15.5. The van der Waals surface area contributed by atoms with Crippen LogP contribution < -0.4 is 8.37 Å². The topological polar surface area (TPSA) is 134 Å². The zero-order chi connectivity index (χ0) is 30.4. The molecular formula is C32H24N2O6S2. The van der Waals surface area contributed by atoms with E-state index in [1.807, 2.05) is 12.1 Å². The Kier molecular flexibility index (Phi) is 7.15. The molecule has 0 aliphatic heterocycles. The number of hydrogen-bond acceptors (Lipinski definition) is 8. The number of nitriles is 2. The van der Waals surface area contributed by atoms with Gasteiger partial charge < -0.3 is 8.37 Å². The molecule has 0 unspecified atom stereocenters. The van der Waals surface area contributed by atoms with Crippen molar-refractivity contribution in [3.8, 4) is 34.8 Å². The second-order valence-corrected chi connectivity index (χ2v) is 13.0. The molecular weight excluding hydrogens is 572 g/mol. The van der Waals surface area contributed by atoms with E-state index in [0.717, 1.165) is 0 Å². The van der Waals surface area contributed by atoms with Gasteiger partial charge in [0.1, 0.15) is 39.0 Å². The number of benzene rings is 4. The number of hydrogen-bond donors (Lipinski definition) is 0. The molecule has 4 aromatic rings. The van der Waals surface area contributed by atoms with Gasteiger partial charge in [0.05, 0.1) is 0 Å². The highest BCUT2D eigenvalue weighted by Gasteiger charge is 2.32. The molecule has 8 nitrogen and oxygen atoms in total. The average molecular weight is 597 g/mol. The highest BCUT2D eigenvalue weighted by Crippen LogP contribution is 2.47. The van der Waals surface area contributed by atoms with Gasteiger partial charge in [0.15, 0.2) is 0 Å². The van der Waals surface area contributed by atoms with Crippen molar-refractivity contribution >= 4 is 25.8 Å². The van der Waals surface area contributed by atoms with Gasteiger partial charge >= 0.3 is 20.2 Å². The van der Waals surface area contributed by atoms with Crippen LogP contribution in [-0.2, 0) is 20.2 Å². The molecule has 0 amide bonds. The fourth-order valence-electron chi connectivity index (χ4n) is 4.97. The average Bonchev–Trinajstić information content (AvgIpc) is 3.27. The van der Waals surface area contributed by atoms with Crippen molar-refractivity contribution in [2.45, 2.75) is 37.5 Å². The van der Waals surface area contributed by atoms with Gasteiger partial charge in [-0.2, -0.15) is 27.4 Å². The minimum absolute atomic E-state index is 0.123. The van der Waals surface area contributed by atoms with Crippen LogP contribution in [0, 0.1) is 50.4 Å². The van der Waals surface area contributed by atoms with Crippen molar-refractivity contribution in [2.24, 2.45) is 0 Å². The molecule has 0 aromatic heterocycles. The number of aryl methyl sites for hydroxylation is 4. The van der Waals surface area contributed by atoms with E-state index in [9.17, 15) is 27.4 Å². The van der Waals surface area contributed by atoms with Crippen LogP contribution in [-0.4, -0.2) is 16.8 Å². The van der Waals surface area contributed by atoms with Crippen LogP contribution in [0.25, 0.3) is 16.7 Å². The maximum absolute atomic E-state index is 13.3. The highest BCUT2D eigenvalue weighted by molar-refractivity contribution is 7.87. The predicted molar refractivity (Wildman–Crippen MR) is 157 cm³/mol. The fraction of sp³-hybridized carbons (Fsp3) is 0.125. The normalized spacial score (nSPS) is 12.1. The number of nitrogens with zero attached hydrogens (tertiary/aromatic N) is 2. The molecule has 0 bridgehead atoms. The monoisotopic (exact) mass is 596 g/mol. The molecule has 1 aliphatic carbocycles. The summed E-state index contributed by atoms with van der Waals surface area (Å²) in [6.45, 7) is 6.94. The fourth-order valence-corrected chi connectivity index (χ4v) is 7.12. The second-order valence-electron chi connectivity index (χ2n) is 9.91. The van der Waals surface area contributed by atoms with Crippen LogP contribution in [0.5, 0.6) is 11.5 Å². The summed E-state index contributed by atoms with van der Waals surface area (Å²) >= 11 is 0. The predicted octanol–water partition coefficient (Wildman–Crippen LogP) is 6.29. The SMILES string of the molecule is Cc1cccc(C)c1OS(=O)(=O)c1ccc2c(c1)C(=C(C#N)C#N)c1cc(S(=O)(=O)Oc3c(C)cccc3C)ccc1-2. The van der Waals surface area contributed by atoms with Crippen molar-refractivity contribution in [2.75, 3.05) is 0 Å².